The molecule has 0 aliphatic carbocycles. The summed E-state index contributed by atoms with van der Waals surface area (Å²) in [5, 5.41) is -0.00635. The smallest absolute Gasteiger partial charge is 0.343 e. The summed E-state index contributed by atoms with van der Waals surface area (Å²) in [4.78, 5) is 29.4. The van der Waals surface area contributed by atoms with E-state index in [0.717, 1.165) is 27.8 Å². The Kier molecular flexibility index (Phi) is 16.6. The van der Waals surface area contributed by atoms with Gasteiger partial charge < -0.3 is 42.3 Å². The van der Waals surface area contributed by atoms with Crippen LogP contribution in [-0.4, -0.2) is 44.1 Å². The van der Waals surface area contributed by atoms with Crippen LogP contribution >= 0.6 is 0 Å². The first-order valence-electron chi connectivity index (χ1n) is 24.9. The van der Waals surface area contributed by atoms with Gasteiger partial charge >= 0.3 is 5.97 Å². The van der Waals surface area contributed by atoms with Gasteiger partial charge in [0.1, 0.15) is 65.4 Å². The van der Waals surface area contributed by atoms with Crippen molar-refractivity contribution in [2.75, 3.05) is 13.7 Å². The maximum Gasteiger partial charge on any atom is 0.343 e. The average molecular weight is 1000 g/mol. The number of rotatable bonds is 21. The number of carbonyl (C=O) groups excluding carboxylic acids is 1. The van der Waals surface area contributed by atoms with E-state index in [2.05, 4.69) is 0 Å². The summed E-state index contributed by atoms with van der Waals surface area (Å²) < 4.78 is 60.4. The fraction of sp³-hybridized carbons (Fsp3) is 0.188. The molecule has 10 rings (SSSR count). The van der Waals surface area contributed by atoms with Gasteiger partial charge in [-0.3, -0.25) is 4.79 Å². The highest BCUT2D eigenvalue weighted by Gasteiger charge is 2.51. The molecule has 1 aliphatic heterocycles. The first kappa shape index (κ1) is 50.4. The van der Waals surface area contributed by atoms with E-state index in [1.807, 2.05) is 176 Å². The van der Waals surface area contributed by atoms with Crippen LogP contribution in [0.3, 0.4) is 0 Å². The van der Waals surface area contributed by atoms with Gasteiger partial charge in [0.25, 0.3) is 0 Å². The second kappa shape index (κ2) is 24.7. The normalized spacial score (nSPS) is 17.3. The monoisotopic (exact) mass is 1000 g/mol. The summed E-state index contributed by atoms with van der Waals surface area (Å²) in [5.41, 5.74) is 5.49. The summed E-state index contributed by atoms with van der Waals surface area (Å²) in [6, 6.07) is 68.1. The molecule has 0 spiro atoms. The molecule has 8 aromatic carbocycles. The molecule has 11 heteroatoms. The minimum Gasteiger partial charge on any atom is -0.496 e. The van der Waals surface area contributed by atoms with Crippen molar-refractivity contribution in [2.45, 2.75) is 63.6 Å². The molecule has 0 amide bonds. The van der Waals surface area contributed by atoms with Crippen LogP contribution in [0.15, 0.2) is 228 Å². The number of fused-ring (bicyclic) bond motifs is 1. The van der Waals surface area contributed by atoms with Gasteiger partial charge in [-0.15, -0.1) is 0 Å². The summed E-state index contributed by atoms with van der Waals surface area (Å²) in [7, 11) is 1.50. The highest BCUT2D eigenvalue weighted by molar-refractivity contribution is 5.96. The highest BCUT2D eigenvalue weighted by Crippen LogP contribution is 2.48. The fourth-order valence-electron chi connectivity index (χ4n) is 9.17. The predicted molar refractivity (Wildman–Crippen MR) is 285 cm³/mol. The van der Waals surface area contributed by atoms with E-state index in [1.165, 1.54) is 13.2 Å². The van der Waals surface area contributed by atoms with E-state index in [1.54, 1.807) is 36.4 Å². The molecular formula is C64H56O11. The van der Waals surface area contributed by atoms with Gasteiger partial charge in [-0.05, 0) is 64.2 Å². The molecule has 9 aromatic rings. The molecule has 1 aromatic heterocycles. The topological polar surface area (TPSA) is 121 Å². The molecule has 1 fully saturated rings. The number of carbonyl (C=O) groups is 1. The van der Waals surface area contributed by atoms with Crippen LogP contribution in [0.25, 0.3) is 22.3 Å². The number of hydrogen-bond donors (Lipinski definition) is 0. The predicted octanol–water partition coefficient (Wildman–Crippen LogP) is 12.7. The maximum atomic E-state index is 14.9. The molecule has 1 aliphatic rings. The third kappa shape index (κ3) is 12.6. The Labute approximate surface area is 435 Å². The first-order valence-corrected chi connectivity index (χ1v) is 24.9. The van der Waals surface area contributed by atoms with E-state index in [-0.39, 0.29) is 72.4 Å². The van der Waals surface area contributed by atoms with Crippen molar-refractivity contribution in [2.24, 2.45) is 0 Å². The lowest BCUT2D eigenvalue weighted by Gasteiger charge is -2.46. The standard InChI is InChI=1S/C64H56O11/c1-67-54-37-55-57(52(65)36-53(73-55)49-32-34-51(35-33-49)69-39-45-22-10-3-11-23-45)60(75-64(66)50-30-18-7-19-31-50)58(54)61-63(72-42-48-28-16-6-17-29-48)62(71-41-47-26-14-5-15-27-47)59(70-40-46-24-12-4-13-25-46)56(74-61)43-68-38-44-20-8-2-9-21-44/h2-37,56,59,61-63H,38-43H2,1H3/t56-,59-,61+,62+,63+/m1/s1. The molecular weight excluding hydrogens is 945 g/mol. The molecule has 11 nitrogen and oxygen atoms in total. The first-order chi connectivity index (χ1) is 37.0. The van der Waals surface area contributed by atoms with Crippen LogP contribution in [-0.2, 0) is 56.7 Å². The van der Waals surface area contributed by atoms with Gasteiger partial charge in [0.15, 0.2) is 11.2 Å². The second-order valence-corrected chi connectivity index (χ2v) is 18.1. The van der Waals surface area contributed by atoms with Crippen molar-refractivity contribution in [3.63, 3.8) is 0 Å². The van der Waals surface area contributed by atoms with Crippen molar-refractivity contribution in [1.29, 1.82) is 0 Å². The molecule has 5 atom stereocenters. The summed E-state index contributed by atoms with van der Waals surface area (Å²) in [6.07, 6.45) is -4.60. The lowest BCUT2D eigenvalue weighted by atomic mass is 9.88. The van der Waals surface area contributed by atoms with Gasteiger partial charge in [0, 0.05) is 17.7 Å². The Morgan fingerprint density at radius 2 is 1.00 bits per heavy atom. The number of esters is 1. The number of hydrogen-bond acceptors (Lipinski definition) is 11. The molecule has 0 unspecified atom stereocenters. The van der Waals surface area contributed by atoms with Crippen molar-refractivity contribution in [3.05, 3.63) is 268 Å². The van der Waals surface area contributed by atoms with E-state index in [4.69, 9.17) is 42.3 Å². The summed E-state index contributed by atoms with van der Waals surface area (Å²) in [6.45, 7) is 1.27. The van der Waals surface area contributed by atoms with E-state index in [0.29, 0.717) is 17.9 Å². The lowest BCUT2D eigenvalue weighted by molar-refractivity contribution is -0.275. The van der Waals surface area contributed by atoms with Gasteiger partial charge in [-0.2, -0.15) is 0 Å². The van der Waals surface area contributed by atoms with Gasteiger partial charge in [-0.25, -0.2) is 4.79 Å². The van der Waals surface area contributed by atoms with Crippen molar-refractivity contribution >= 4 is 16.9 Å². The van der Waals surface area contributed by atoms with Crippen LogP contribution in [0.1, 0.15) is 49.8 Å². The Morgan fingerprint density at radius 1 is 0.520 bits per heavy atom. The van der Waals surface area contributed by atoms with Gasteiger partial charge in [0.2, 0.25) is 0 Å². The summed E-state index contributed by atoms with van der Waals surface area (Å²) in [5.74, 6) is 0.291. The third-order valence-electron chi connectivity index (χ3n) is 13.0. The zero-order valence-electron chi connectivity index (χ0n) is 41.4. The van der Waals surface area contributed by atoms with Crippen molar-refractivity contribution in [1.82, 2.24) is 0 Å². The quantitative estimate of drug-likeness (QED) is 0.0505. The second-order valence-electron chi connectivity index (χ2n) is 18.1. The van der Waals surface area contributed by atoms with Crippen LogP contribution in [0.4, 0.5) is 0 Å². The van der Waals surface area contributed by atoms with Crippen LogP contribution in [0.2, 0.25) is 0 Å². The molecule has 0 saturated carbocycles. The molecule has 75 heavy (non-hydrogen) atoms. The number of ether oxygens (including phenoxy) is 8. The Balaban J connectivity index is 1.11. The number of benzene rings is 8. The van der Waals surface area contributed by atoms with Crippen LogP contribution in [0, 0.1) is 0 Å². The molecule has 2 heterocycles. The third-order valence-corrected chi connectivity index (χ3v) is 13.0. The van der Waals surface area contributed by atoms with Gasteiger partial charge in [0.05, 0.1) is 51.3 Å². The minimum absolute atomic E-state index is 0.00635. The van der Waals surface area contributed by atoms with Crippen molar-refractivity contribution in [3.8, 4) is 28.6 Å². The molecule has 0 radical (unpaired) electrons. The Morgan fingerprint density at radius 3 is 1.53 bits per heavy atom. The molecule has 378 valence electrons. The highest BCUT2D eigenvalue weighted by atomic mass is 16.6. The number of methoxy groups -OCH3 is 1. The average Bonchev–Trinajstić information content (AvgIpc) is 3.47. The van der Waals surface area contributed by atoms with Gasteiger partial charge in [-0.1, -0.05) is 170 Å². The molecule has 1 saturated heterocycles. The van der Waals surface area contributed by atoms with E-state index in [9.17, 15) is 9.59 Å². The summed E-state index contributed by atoms with van der Waals surface area (Å²) >= 11 is 0. The van der Waals surface area contributed by atoms with Crippen LogP contribution in [0.5, 0.6) is 17.2 Å². The molecule has 0 N–H and O–H groups in total. The zero-order valence-corrected chi connectivity index (χ0v) is 41.4. The van der Waals surface area contributed by atoms with Crippen LogP contribution < -0.4 is 19.6 Å². The minimum atomic E-state index is -1.14. The largest absolute Gasteiger partial charge is 0.496 e. The lowest BCUT2D eigenvalue weighted by Crippen LogP contribution is -2.58. The van der Waals surface area contributed by atoms with Crippen molar-refractivity contribution < 1.29 is 47.1 Å². The zero-order chi connectivity index (χ0) is 51.2. The SMILES string of the molecule is COc1cc2oc(-c3ccc(OCc4ccccc4)cc3)cc(=O)c2c(OC(=O)c2ccccc2)c1[C@@H]1O[C@H](COCc2ccccc2)[C@@H](OCc2ccccc2)[C@H](OCc2ccccc2)[C@H]1OCc1ccccc1. The Hall–Kier alpha value is -8.16. The molecule has 0 bridgehead atoms. The fourth-order valence-corrected chi connectivity index (χ4v) is 9.17. The van der Waals surface area contributed by atoms with E-state index >= 15 is 0 Å². The van der Waals surface area contributed by atoms with E-state index < -0.39 is 41.9 Å². The Bertz CT molecular complexity index is 3280. The maximum absolute atomic E-state index is 14.9.